The van der Waals surface area contributed by atoms with Crippen molar-refractivity contribution in [3.63, 3.8) is 0 Å². The number of aliphatic hydroxyl groups is 1. The Bertz CT molecular complexity index is 641. The number of aliphatic hydroxyl groups excluding tert-OH is 1. The van der Waals surface area contributed by atoms with E-state index >= 15 is 0 Å². The third-order valence-corrected chi connectivity index (χ3v) is 3.94. The number of fused-ring (bicyclic) bond motifs is 1. The summed E-state index contributed by atoms with van der Waals surface area (Å²) >= 11 is 0. The van der Waals surface area contributed by atoms with Crippen LogP contribution in [0.25, 0.3) is 5.65 Å². The smallest absolute Gasteiger partial charge is 0.178 e. The molecule has 6 nitrogen and oxygen atoms in total. The zero-order chi connectivity index (χ0) is 15.2. The van der Waals surface area contributed by atoms with E-state index in [1.807, 2.05) is 24.1 Å². The van der Waals surface area contributed by atoms with Gasteiger partial charge < -0.3 is 10.0 Å². The number of hydrogen-bond acceptors (Lipinski definition) is 5. The van der Waals surface area contributed by atoms with E-state index in [9.17, 15) is 5.11 Å². The second-order valence-corrected chi connectivity index (χ2v) is 7.02. The lowest BCUT2D eigenvalue weighted by molar-refractivity contribution is 0.158. The Labute approximate surface area is 124 Å². The Morgan fingerprint density at radius 2 is 2.05 bits per heavy atom. The monoisotopic (exact) mass is 289 g/mol. The molecule has 3 rings (SSSR count). The van der Waals surface area contributed by atoms with Crippen LogP contribution in [0.2, 0.25) is 0 Å². The molecule has 2 aromatic heterocycles. The van der Waals surface area contributed by atoms with Gasteiger partial charge in [-0.1, -0.05) is 20.8 Å². The van der Waals surface area contributed by atoms with E-state index < -0.39 is 0 Å². The van der Waals surface area contributed by atoms with Gasteiger partial charge in [-0.25, -0.2) is 0 Å². The van der Waals surface area contributed by atoms with Crippen LogP contribution in [-0.4, -0.2) is 44.6 Å². The van der Waals surface area contributed by atoms with E-state index in [-0.39, 0.29) is 11.5 Å². The fraction of sp³-hybridized carbons (Fsp3) is 0.667. The van der Waals surface area contributed by atoms with Gasteiger partial charge in [-0.3, -0.25) is 0 Å². The lowest BCUT2D eigenvalue weighted by Gasteiger charge is -2.22. The summed E-state index contributed by atoms with van der Waals surface area (Å²) < 4.78 is 1.80. The van der Waals surface area contributed by atoms with E-state index in [1.54, 1.807) is 4.52 Å². The summed E-state index contributed by atoms with van der Waals surface area (Å²) in [6.45, 7) is 6.89. The average Bonchev–Trinajstić information content (AvgIpc) is 3.16. The molecule has 0 saturated heterocycles. The van der Waals surface area contributed by atoms with Gasteiger partial charge in [0.1, 0.15) is 5.82 Å². The molecular formula is C15H23N5O. The second-order valence-electron chi connectivity index (χ2n) is 7.02. The molecule has 2 heterocycles. The summed E-state index contributed by atoms with van der Waals surface area (Å²) in [5.74, 6) is 2.14. The molecule has 1 aliphatic carbocycles. The quantitative estimate of drug-likeness (QED) is 0.926. The Hall–Kier alpha value is -1.69. The maximum atomic E-state index is 10.1. The van der Waals surface area contributed by atoms with Crippen molar-refractivity contribution in [2.45, 2.75) is 45.1 Å². The highest BCUT2D eigenvalue weighted by Gasteiger charge is 2.30. The predicted octanol–water partition coefficient (Wildman–Crippen LogP) is 1.63. The molecule has 21 heavy (non-hydrogen) atoms. The van der Waals surface area contributed by atoms with Crippen molar-refractivity contribution < 1.29 is 5.11 Å². The van der Waals surface area contributed by atoms with Crippen molar-refractivity contribution in [3.05, 3.63) is 18.0 Å². The SMILES string of the molecule is CN(CC(O)C1CC1)c1ccc2nnc(C(C)(C)C)n2n1. The van der Waals surface area contributed by atoms with Crippen LogP contribution in [0.3, 0.4) is 0 Å². The molecule has 1 unspecified atom stereocenters. The van der Waals surface area contributed by atoms with Crippen molar-refractivity contribution in [3.8, 4) is 0 Å². The van der Waals surface area contributed by atoms with Gasteiger partial charge in [0.05, 0.1) is 6.10 Å². The minimum atomic E-state index is -0.268. The highest BCUT2D eigenvalue weighted by Crippen LogP contribution is 2.33. The summed E-state index contributed by atoms with van der Waals surface area (Å²) in [7, 11) is 1.96. The molecule has 0 aliphatic heterocycles. The third kappa shape index (κ3) is 2.85. The Morgan fingerprint density at radius 3 is 2.67 bits per heavy atom. The first-order valence-corrected chi connectivity index (χ1v) is 7.48. The normalized spacial score (nSPS) is 17.2. The minimum absolute atomic E-state index is 0.114. The molecule has 0 aromatic carbocycles. The van der Waals surface area contributed by atoms with E-state index in [2.05, 4.69) is 36.1 Å². The highest BCUT2D eigenvalue weighted by molar-refractivity contribution is 5.45. The van der Waals surface area contributed by atoms with Gasteiger partial charge in [-0.05, 0) is 30.9 Å². The predicted molar refractivity (Wildman–Crippen MR) is 81.5 cm³/mol. The van der Waals surface area contributed by atoms with Gasteiger partial charge in [0.2, 0.25) is 0 Å². The van der Waals surface area contributed by atoms with Crippen LogP contribution in [0.4, 0.5) is 5.82 Å². The number of nitrogens with zero attached hydrogens (tertiary/aromatic N) is 5. The Balaban J connectivity index is 1.88. The Morgan fingerprint density at radius 1 is 1.33 bits per heavy atom. The number of anilines is 1. The fourth-order valence-corrected chi connectivity index (χ4v) is 2.45. The molecule has 0 amide bonds. The first kappa shape index (κ1) is 14.3. The van der Waals surface area contributed by atoms with Gasteiger partial charge in [-0.2, -0.15) is 4.52 Å². The molecule has 0 bridgehead atoms. The molecule has 1 N–H and O–H groups in total. The van der Waals surface area contributed by atoms with Gasteiger partial charge in [0, 0.05) is 19.0 Å². The molecule has 0 radical (unpaired) electrons. The lowest BCUT2D eigenvalue weighted by atomic mass is 9.96. The molecule has 1 aliphatic rings. The first-order chi connectivity index (χ1) is 9.86. The van der Waals surface area contributed by atoms with Crippen molar-refractivity contribution in [1.82, 2.24) is 19.8 Å². The van der Waals surface area contributed by atoms with Crippen molar-refractivity contribution in [2.75, 3.05) is 18.5 Å². The van der Waals surface area contributed by atoms with Crippen molar-refractivity contribution in [1.29, 1.82) is 0 Å². The van der Waals surface area contributed by atoms with E-state index in [4.69, 9.17) is 0 Å². The van der Waals surface area contributed by atoms with Crippen LogP contribution in [0.1, 0.15) is 39.4 Å². The molecule has 0 spiro atoms. The van der Waals surface area contributed by atoms with E-state index in [0.29, 0.717) is 12.5 Å². The second kappa shape index (κ2) is 4.94. The zero-order valence-corrected chi connectivity index (χ0v) is 13.1. The van der Waals surface area contributed by atoms with E-state index in [0.717, 1.165) is 30.1 Å². The summed E-state index contributed by atoms with van der Waals surface area (Å²) in [5, 5.41) is 23.1. The molecule has 114 valence electrons. The number of likely N-dealkylation sites (N-methyl/N-ethyl adjacent to an activating group) is 1. The molecular weight excluding hydrogens is 266 g/mol. The molecule has 6 heteroatoms. The number of rotatable bonds is 4. The van der Waals surface area contributed by atoms with Crippen LogP contribution < -0.4 is 4.90 Å². The molecule has 2 aromatic rings. The fourth-order valence-electron chi connectivity index (χ4n) is 2.45. The third-order valence-electron chi connectivity index (χ3n) is 3.94. The maximum absolute atomic E-state index is 10.1. The summed E-state index contributed by atoms with van der Waals surface area (Å²) in [6.07, 6.45) is 2.01. The van der Waals surface area contributed by atoms with Crippen LogP contribution in [0.5, 0.6) is 0 Å². The molecule has 1 atom stereocenters. The molecule has 1 fully saturated rings. The van der Waals surface area contributed by atoms with Gasteiger partial charge in [0.15, 0.2) is 11.5 Å². The number of hydrogen-bond donors (Lipinski definition) is 1. The van der Waals surface area contributed by atoms with Crippen LogP contribution in [0.15, 0.2) is 12.1 Å². The van der Waals surface area contributed by atoms with Crippen LogP contribution in [0, 0.1) is 5.92 Å². The summed E-state index contributed by atoms with van der Waals surface area (Å²) in [5.41, 5.74) is 0.636. The maximum Gasteiger partial charge on any atom is 0.178 e. The van der Waals surface area contributed by atoms with Gasteiger partial charge in [0.25, 0.3) is 0 Å². The van der Waals surface area contributed by atoms with Crippen molar-refractivity contribution >= 4 is 11.5 Å². The van der Waals surface area contributed by atoms with Gasteiger partial charge >= 0.3 is 0 Å². The Kier molecular flexibility index (Phi) is 3.36. The standard InChI is InChI=1S/C15H23N5O/c1-15(2,3)14-17-16-12-7-8-13(18-20(12)14)19(4)9-11(21)10-5-6-10/h7-8,10-11,21H,5-6,9H2,1-4H3. The zero-order valence-electron chi connectivity index (χ0n) is 13.1. The van der Waals surface area contributed by atoms with Gasteiger partial charge in [-0.15, -0.1) is 15.3 Å². The number of aromatic nitrogens is 4. The topological polar surface area (TPSA) is 66.5 Å². The molecule has 1 saturated carbocycles. The van der Waals surface area contributed by atoms with Crippen LogP contribution >= 0.6 is 0 Å². The largest absolute Gasteiger partial charge is 0.391 e. The summed E-state index contributed by atoms with van der Waals surface area (Å²) in [4.78, 5) is 1.99. The average molecular weight is 289 g/mol. The lowest BCUT2D eigenvalue weighted by Crippen LogP contribution is -2.31. The van der Waals surface area contributed by atoms with Crippen molar-refractivity contribution in [2.24, 2.45) is 5.92 Å². The minimum Gasteiger partial charge on any atom is -0.391 e. The first-order valence-electron chi connectivity index (χ1n) is 7.48. The van der Waals surface area contributed by atoms with E-state index in [1.165, 1.54) is 0 Å². The van der Waals surface area contributed by atoms with Crippen LogP contribution in [-0.2, 0) is 5.41 Å². The highest BCUT2D eigenvalue weighted by atomic mass is 16.3. The summed E-state index contributed by atoms with van der Waals surface area (Å²) in [6, 6.07) is 3.85.